The molecule has 0 spiro atoms. The van der Waals surface area contributed by atoms with E-state index in [0.29, 0.717) is 6.61 Å². The summed E-state index contributed by atoms with van der Waals surface area (Å²) in [5.74, 6) is 0.944. The van der Waals surface area contributed by atoms with E-state index in [0.717, 1.165) is 41.2 Å². The zero-order valence-electron chi connectivity index (χ0n) is 13.7. The number of nitrogens with two attached hydrogens (primary N) is 1. The van der Waals surface area contributed by atoms with Gasteiger partial charge in [0.2, 0.25) is 0 Å². The van der Waals surface area contributed by atoms with Crippen LogP contribution in [0.5, 0.6) is 5.75 Å². The number of hydrogen-bond donors (Lipinski definition) is 1. The summed E-state index contributed by atoms with van der Waals surface area (Å²) in [6.45, 7) is 4.74. The molecule has 1 unspecified atom stereocenters. The Bertz CT molecular complexity index is 602. The fourth-order valence-electron chi connectivity index (χ4n) is 2.57. The number of hydrogen-bond acceptors (Lipinski definition) is 2. The molecule has 0 bridgehead atoms. The molecule has 23 heavy (non-hydrogen) atoms. The molecule has 0 amide bonds. The van der Waals surface area contributed by atoms with Gasteiger partial charge in [-0.15, -0.1) is 12.4 Å². The highest BCUT2D eigenvalue weighted by Gasteiger charge is 2.14. The molecule has 0 aliphatic heterocycles. The van der Waals surface area contributed by atoms with Gasteiger partial charge in [-0.3, -0.25) is 0 Å². The van der Waals surface area contributed by atoms with Crippen molar-refractivity contribution in [3.05, 3.63) is 64.2 Å². The van der Waals surface area contributed by atoms with Crippen molar-refractivity contribution in [2.75, 3.05) is 6.61 Å². The maximum Gasteiger partial charge on any atom is 0.126 e. The lowest BCUT2D eigenvalue weighted by Gasteiger charge is -2.18. The highest BCUT2D eigenvalue weighted by Crippen LogP contribution is 2.31. The lowest BCUT2D eigenvalue weighted by Crippen LogP contribution is -2.22. The Labute approximate surface area is 150 Å². The molecule has 126 valence electrons. The van der Waals surface area contributed by atoms with Crippen LogP contribution >= 0.6 is 24.0 Å². The van der Waals surface area contributed by atoms with Gasteiger partial charge in [0, 0.05) is 23.0 Å². The molecule has 4 heteroatoms. The molecule has 0 saturated carbocycles. The molecule has 0 fully saturated rings. The van der Waals surface area contributed by atoms with E-state index in [1.54, 1.807) is 0 Å². The van der Waals surface area contributed by atoms with Crippen LogP contribution in [0.2, 0.25) is 5.02 Å². The molecule has 0 radical (unpaired) electrons. The molecule has 0 aliphatic carbocycles. The van der Waals surface area contributed by atoms with Gasteiger partial charge in [0.15, 0.2) is 0 Å². The summed E-state index contributed by atoms with van der Waals surface area (Å²) in [7, 11) is 0. The van der Waals surface area contributed by atoms with Gasteiger partial charge in [0.05, 0.1) is 6.61 Å². The molecular formula is C19H25Cl2NO. The van der Waals surface area contributed by atoms with Crippen LogP contribution in [-0.4, -0.2) is 12.6 Å². The predicted octanol–water partition coefficient (Wildman–Crippen LogP) is 5.03. The first-order valence-corrected chi connectivity index (χ1v) is 8.25. The normalized spacial score (nSPS) is 11.7. The van der Waals surface area contributed by atoms with Crippen LogP contribution in [0.15, 0.2) is 42.5 Å². The topological polar surface area (TPSA) is 35.2 Å². The number of benzene rings is 2. The van der Waals surface area contributed by atoms with Crippen molar-refractivity contribution >= 4 is 24.0 Å². The zero-order chi connectivity index (χ0) is 15.9. The van der Waals surface area contributed by atoms with E-state index in [2.05, 4.69) is 19.1 Å². The van der Waals surface area contributed by atoms with Crippen LogP contribution < -0.4 is 10.5 Å². The minimum atomic E-state index is 0. The Morgan fingerprint density at radius 1 is 1.09 bits per heavy atom. The molecule has 2 N–H and O–H groups in total. The van der Waals surface area contributed by atoms with E-state index >= 15 is 0 Å². The van der Waals surface area contributed by atoms with Crippen molar-refractivity contribution in [1.29, 1.82) is 0 Å². The third kappa shape index (κ3) is 5.72. The average molecular weight is 354 g/mol. The number of halogens is 2. The summed E-state index contributed by atoms with van der Waals surface area (Å²) in [4.78, 5) is 0. The average Bonchev–Trinajstić information content (AvgIpc) is 2.51. The summed E-state index contributed by atoms with van der Waals surface area (Å²) in [6.07, 6.45) is 2.53. The van der Waals surface area contributed by atoms with Gasteiger partial charge in [-0.25, -0.2) is 0 Å². The number of rotatable bonds is 7. The Hall–Kier alpha value is -1.22. The van der Waals surface area contributed by atoms with Crippen molar-refractivity contribution in [1.82, 2.24) is 0 Å². The molecule has 2 aromatic rings. The van der Waals surface area contributed by atoms with Crippen molar-refractivity contribution in [2.45, 2.75) is 39.2 Å². The molecule has 0 aromatic heterocycles. The van der Waals surface area contributed by atoms with Gasteiger partial charge in [-0.05, 0) is 43.0 Å². The quantitative estimate of drug-likeness (QED) is 0.757. The third-order valence-electron chi connectivity index (χ3n) is 3.74. The van der Waals surface area contributed by atoms with E-state index < -0.39 is 0 Å². The smallest absolute Gasteiger partial charge is 0.126 e. The Balaban J connectivity index is 0.00000264. The standard InChI is InChI=1S/C19H24ClNO.ClH/c1-3-18(21)13-16-12-17(20)11-15(19(16)22-4-2)10-14-8-6-5-7-9-14;/h5-9,11-12,18H,3-4,10,13,21H2,1-2H3;1H. The maximum atomic E-state index is 6.32. The first-order chi connectivity index (χ1) is 10.6. The number of ether oxygens (including phenoxy) is 1. The first-order valence-electron chi connectivity index (χ1n) is 7.87. The van der Waals surface area contributed by atoms with Crippen LogP contribution in [0.1, 0.15) is 37.0 Å². The predicted molar refractivity (Wildman–Crippen MR) is 101 cm³/mol. The van der Waals surface area contributed by atoms with Crippen LogP contribution in [0.25, 0.3) is 0 Å². The molecular weight excluding hydrogens is 329 g/mol. The Kier molecular flexibility index (Phi) is 8.46. The monoisotopic (exact) mass is 353 g/mol. The lowest BCUT2D eigenvalue weighted by atomic mass is 9.97. The van der Waals surface area contributed by atoms with Gasteiger partial charge >= 0.3 is 0 Å². The largest absolute Gasteiger partial charge is 0.493 e. The van der Waals surface area contributed by atoms with Crippen LogP contribution in [-0.2, 0) is 12.8 Å². The van der Waals surface area contributed by atoms with Gasteiger partial charge in [0.25, 0.3) is 0 Å². The van der Waals surface area contributed by atoms with Crippen LogP contribution in [0.4, 0.5) is 0 Å². The fourth-order valence-corrected chi connectivity index (χ4v) is 2.83. The second kappa shape index (κ2) is 9.82. The van der Waals surface area contributed by atoms with E-state index in [1.807, 2.05) is 37.3 Å². The van der Waals surface area contributed by atoms with E-state index in [9.17, 15) is 0 Å². The van der Waals surface area contributed by atoms with Gasteiger partial charge in [-0.1, -0.05) is 48.9 Å². The zero-order valence-corrected chi connectivity index (χ0v) is 15.3. The van der Waals surface area contributed by atoms with Crippen molar-refractivity contribution < 1.29 is 4.74 Å². The molecule has 2 aromatic carbocycles. The maximum absolute atomic E-state index is 6.32. The third-order valence-corrected chi connectivity index (χ3v) is 3.96. The molecule has 2 rings (SSSR count). The van der Waals surface area contributed by atoms with Gasteiger partial charge in [0.1, 0.15) is 5.75 Å². The van der Waals surface area contributed by atoms with Crippen molar-refractivity contribution in [2.24, 2.45) is 5.73 Å². The molecule has 0 heterocycles. The lowest BCUT2D eigenvalue weighted by molar-refractivity contribution is 0.332. The SMILES string of the molecule is CCOc1c(Cc2ccccc2)cc(Cl)cc1CC(N)CC.Cl. The Morgan fingerprint density at radius 2 is 1.74 bits per heavy atom. The van der Waals surface area contributed by atoms with Crippen molar-refractivity contribution in [3.8, 4) is 5.75 Å². The molecule has 1 atom stereocenters. The van der Waals surface area contributed by atoms with E-state index in [1.165, 1.54) is 5.56 Å². The van der Waals surface area contributed by atoms with E-state index in [-0.39, 0.29) is 18.4 Å². The van der Waals surface area contributed by atoms with E-state index in [4.69, 9.17) is 22.1 Å². The summed E-state index contributed by atoms with van der Waals surface area (Å²) in [5.41, 5.74) is 9.60. The molecule has 0 aliphatic rings. The summed E-state index contributed by atoms with van der Waals surface area (Å²) in [5, 5.41) is 0.743. The Morgan fingerprint density at radius 3 is 2.35 bits per heavy atom. The fraction of sp³-hybridized carbons (Fsp3) is 0.368. The van der Waals surface area contributed by atoms with Crippen LogP contribution in [0.3, 0.4) is 0 Å². The minimum Gasteiger partial charge on any atom is -0.493 e. The highest BCUT2D eigenvalue weighted by molar-refractivity contribution is 6.30. The minimum absolute atomic E-state index is 0. The summed E-state index contributed by atoms with van der Waals surface area (Å²) >= 11 is 6.32. The second-order valence-corrected chi connectivity index (χ2v) is 5.96. The van der Waals surface area contributed by atoms with Crippen LogP contribution in [0, 0.1) is 0 Å². The second-order valence-electron chi connectivity index (χ2n) is 5.52. The molecule has 2 nitrogen and oxygen atoms in total. The van der Waals surface area contributed by atoms with Gasteiger partial charge in [-0.2, -0.15) is 0 Å². The summed E-state index contributed by atoms with van der Waals surface area (Å²) < 4.78 is 5.93. The summed E-state index contributed by atoms with van der Waals surface area (Å²) in [6, 6.07) is 14.5. The van der Waals surface area contributed by atoms with Gasteiger partial charge < -0.3 is 10.5 Å². The first kappa shape index (κ1) is 19.8. The highest BCUT2D eigenvalue weighted by atomic mass is 35.5. The molecule has 0 saturated heterocycles. The van der Waals surface area contributed by atoms with Crippen molar-refractivity contribution in [3.63, 3.8) is 0 Å².